The fourth-order valence-corrected chi connectivity index (χ4v) is 3.16. The number of aryl methyl sites for hydroxylation is 1. The molecule has 2 aliphatic rings. The summed E-state index contributed by atoms with van der Waals surface area (Å²) >= 11 is 0. The van der Waals surface area contributed by atoms with Crippen molar-refractivity contribution in [2.75, 3.05) is 63.4 Å². The van der Waals surface area contributed by atoms with Gasteiger partial charge in [0.2, 0.25) is 5.95 Å². The molecule has 0 bridgehead atoms. The molecule has 24 heavy (non-hydrogen) atoms. The predicted octanol–water partition coefficient (Wildman–Crippen LogP) is 0.825. The summed E-state index contributed by atoms with van der Waals surface area (Å²) in [6.07, 6.45) is 2.44. The summed E-state index contributed by atoms with van der Waals surface area (Å²) in [7, 11) is 3.96. The number of anilines is 2. The summed E-state index contributed by atoms with van der Waals surface area (Å²) in [4.78, 5) is 13.5. The largest absolute Gasteiger partial charge is 0.376 e. The molecule has 7 nitrogen and oxygen atoms in total. The van der Waals surface area contributed by atoms with Gasteiger partial charge in [-0.15, -0.1) is 0 Å². The maximum Gasteiger partial charge on any atom is 0.226 e. The zero-order valence-corrected chi connectivity index (χ0v) is 15.0. The zero-order chi connectivity index (χ0) is 16.9. The van der Waals surface area contributed by atoms with Crippen molar-refractivity contribution < 1.29 is 9.47 Å². The lowest BCUT2D eigenvalue weighted by atomic mass is 10.0. The number of aromatic nitrogens is 2. The summed E-state index contributed by atoms with van der Waals surface area (Å²) in [5, 5.41) is 3.63. The number of nitrogens with zero attached hydrogens (tertiary/aromatic N) is 4. The third-order valence-corrected chi connectivity index (χ3v) is 4.57. The average Bonchev–Trinajstić information content (AvgIpc) is 2.61. The lowest BCUT2D eigenvalue weighted by Gasteiger charge is -2.34. The first-order chi connectivity index (χ1) is 11.6. The molecule has 7 heteroatoms. The molecule has 1 N–H and O–H groups in total. The summed E-state index contributed by atoms with van der Waals surface area (Å²) in [5.74, 6) is 1.81. The van der Waals surface area contributed by atoms with Crippen LogP contribution >= 0.6 is 0 Å². The number of hydrogen-bond donors (Lipinski definition) is 1. The standard InChI is InChI=1S/C17H29N5O2/c1-13-10-16(20-17(19-13)21(2)3)22-6-4-14(5-7-22)18-11-15-12-23-8-9-24-15/h10,14-15,18H,4-9,11-12H2,1-3H3/t15-/m0/s1. The van der Waals surface area contributed by atoms with Gasteiger partial charge in [-0.05, 0) is 19.8 Å². The van der Waals surface area contributed by atoms with Gasteiger partial charge in [0, 0.05) is 51.5 Å². The molecular formula is C17H29N5O2. The SMILES string of the molecule is Cc1cc(N2CCC(NC[C@H]3COCCO3)CC2)nc(N(C)C)n1. The highest BCUT2D eigenvalue weighted by Crippen LogP contribution is 2.21. The van der Waals surface area contributed by atoms with E-state index in [-0.39, 0.29) is 6.10 Å². The Bertz CT molecular complexity index is 526. The molecule has 0 aromatic carbocycles. The third-order valence-electron chi connectivity index (χ3n) is 4.57. The van der Waals surface area contributed by atoms with E-state index in [1.807, 2.05) is 25.9 Å². The predicted molar refractivity (Wildman–Crippen MR) is 94.9 cm³/mol. The molecule has 1 atom stereocenters. The Morgan fingerprint density at radius 1 is 1.25 bits per heavy atom. The van der Waals surface area contributed by atoms with E-state index in [0.29, 0.717) is 19.3 Å². The van der Waals surface area contributed by atoms with Crippen molar-refractivity contribution in [2.24, 2.45) is 0 Å². The van der Waals surface area contributed by atoms with Crippen molar-refractivity contribution >= 4 is 11.8 Å². The zero-order valence-electron chi connectivity index (χ0n) is 15.0. The van der Waals surface area contributed by atoms with Gasteiger partial charge < -0.3 is 24.6 Å². The first kappa shape index (κ1) is 17.4. The molecule has 3 heterocycles. The van der Waals surface area contributed by atoms with Crippen molar-refractivity contribution in [3.05, 3.63) is 11.8 Å². The summed E-state index contributed by atoms with van der Waals surface area (Å²) in [6, 6.07) is 2.62. The molecular weight excluding hydrogens is 306 g/mol. The lowest BCUT2D eigenvalue weighted by Crippen LogP contribution is -2.47. The van der Waals surface area contributed by atoms with Crippen LogP contribution in [0.5, 0.6) is 0 Å². The number of hydrogen-bond acceptors (Lipinski definition) is 7. The molecule has 0 aliphatic carbocycles. The number of ether oxygens (including phenoxy) is 2. The highest BCUT2D eigenvalue weighted by molar-refractivity contribution is 5.45. The van der Waals surface area contributed by atoms with Crippen LogP contribution in [0.2, 0.25) is 0 Å². The van der Waals surface area contributed by atoms with Crippen molar-refractivity contribution in [1.82, 2.24) is 15.3 Å². The van der Waals surface area contributed by atoms with Crippen LogP contribution in [0.15, 0.2) is 6.07 Å². The molecule has 0 saturated carbocycles. The van der Waals surface area contributed by atoms with E-state index in [4.69, 9.17) is 9.47 Å². The number of piperidine rings is 1. The van der Waals surface area contributed by atoms with E-state index in [1.54, 1.807) is 0 Å². The van der Waals surface area contributed by atoms with Crippen molar-refractivity contribution in [3.63, 3.8) is 0 Å². The van der Waals surface area contributed by atoms with Gasteiger partial charge in [-0.1, -0.05) is 0 Å². The van der Waals surface area contributed by atoms with Crippen LogP contribution in [0.3, 0.4) is 0 Å². The van der Waals surface area contributed by atoms with Crippen LogP contribution in [0.25, 0.3) is 0 Å². The number of rotatable bonds is 5. The van der Waals surface area contributed by atoms with Gasteiger partial charge in [-0.3, -0.25) is 0 Å². The van der Waals surface area contributed by atoms with E-state index < -0.39 is 0 Å². The van der Waals surface area contributed by atoms with Crippen LogP contribution in [-0.4, -0.2) is 75.7 Å². The molecule has 0 unspecified atom stereocenters. The van der Waals surface area contributed by atoms with Crippen LogP contribution in [0.4, 0.5) is 11.8 Å². The Morgan fingerprint density at radius 2 is 2.04 bits per heavy atom. The Hall–Kier alpha value is -1.44. The normalized spacial score (nSPS) is 22.6. The minimum atomic E-state index is 0.198. The van der Waals surface area contributed by atoms with Crippen molar-refractivity contribution in [3.8, 4) is 0 Å². The Kier molecular flexibility index (Phi) is 5.86. The second-order valence-corrected chi connectivity index (χ2v) is 6.80. The highest BCUT2D eigenvalue weighted by atomic mass is 16.6. The second-order valence-electron chi connectivity index (χ2n) is 6.80. The first-order valence-electron chi connectivity index (χ1n) is 8.82. The molecule has 2 saturated heterocycles. The third kappa shape index (κ3) is 4.55. The Balaban J connectivity index is 1.49. The fourth-order valence-electron chi connectivity index (χ4n) is 3.16. The summed E-state index contributed by atoms with van der Waals surface area (Å²) < 4.78 is 11.1. The van der Waals surface area contributed by atoms with Gasteiger partial charge in [0.1, 0.15) is 5.82 Å². The van der Waals surface area contributed by atoms with Crippen LogP contribution in [-0.2, 0) is 9.47 Å². The molecule has 0 amide bonds. The smallest absolute Gasteiger partial charge is 0.226 e. The van der Waals surface area contributed by atoms with Gasteiger partial charge in [0.15, 0.2) is 0 Å². The Morgan fingerprint density at radius 3 is 2.71 bits per heavy atom. The first-order valence-corrected chi connectivity index (χ1v) is 8.82. The van der Waals surface area contributed by atoms with Gasteiger partial charge in [0.25, 0.3) is 0 Å². The second kappa shape index (κ2) is 8.09. The van der Waals surface area contributed by atoms with Crippen LogP contribution < -0.4 is 15.1 Å². The van der Waals surface area contributed by atoms with Crippen LogP contribution in [0, 0.1) is 6.92 Å². The van der Waals surface area contributed by atoms with Gasteiger partial charge in [0.05, 0.1) is 25.9 Å². The number of nitrogens with one attached hydrogen (secondary N) is 1. The topological polar surface area (TPSA) is 62.8 Å². The molecule has 2 aliphatic heterocycles. The van der Waals surface area contributed by atoms with Gasteiger partial charge >= 0.3 is 0 Å². The molecule has 134 valence electrons. The monoisotopic (exact) mass is 335 g/mol. The summed E-state index contributed by atoms with van der Waals surface area (Å²) in [5.41, 5.74) is 1.01. The minimum absolute atomic E-state index is 0.198. The fraction of sp³-hybridized carbons (Fsp3) is 0.765. The van der Waals surface area contributed by atoms with E-state index >= 15 is 0 Å². The highest BCUT2D eigenvalue weighted by Gasteiger charge is 2.22. The van der Waals surface area contributed by atoms with E-state index in [0.717, 1.165) is 56.5 Å². The van der Waals surface area contributed by atoms with Crippen molar-refractivity contribution in [2.45, 2.75) is 31.9 Å². The quantitative estimate of drug-likeness (QED) is 0.855. The summed E-state index contributed by atoms with van der Waals surface area (Å²) in [6.45, 7) is 7.08. The lowest BCUT2D eigenvalue weighted by molar-refractivity contribution is -0.0872. The Labute approximate surface area is 144 Å². The van der Waals surface area contributed by atoms with Gasteiger partial charge in [-0.25, -0.2) is 4.98 Å². The molecule has 0 radical (unpaired) electrons. The van der Waals surface area contributed by atoms with E-state index in [9.17, 15) is 0 Å². The maximum absolute atomic E-state index is 5.69. The maximum atomic E-state index is 5.69. The molecule has 1 aromatic rings. The van der Waals surface area contributed by atoms with Crippen molar-refractivity contribution in [1.29, 1.82) is 0 Å². The molecule has 1 aromatic heterocycles. The molecule has 0 spiro atoms. The van der Waals surface area contributed by atoms with Crippen LogP contribution in [0.1, 0.15) is 18.5 Å². The van der Waals surface area contributed by atoms with Gasteiger partial charge in [-0.2, -0.15) is 4.98 Å². The minimum Gasteiger partial charge on any atom is -0.376 e. The van der Waals surface area contributed by atoms with E-state index in [1.165, 1.54) is 0 Å². The average molecular weight is 335 g/mol. The molecule has 3 rings (SSSR count). The molecule has 2 fully saturated rings. The van der Waals surface area contributed by atoms with E-state index in [2.05, 4.69) is 26.3 Å².